The van der Waals surface area contributed by atoms with Gasteiger partial charge in [0.25, 0.3) is 0 Å². The predicted molar refractivity (Wildman–Crippen MR) is 74.9 cm³/mol. The van der Waals surface area contributed by atoms with Crippen molar-refractivity contribution in [3.05, 3.63) is 52.8 Å². The number of alkyl halides is 3. The molecule has 0 saturated carbocycles. The third-order valence-corrected chi connectivity index (χ3v) is 3.24. The van der Waals surface area contributed by atoms with E-state index < -0.39 is 11.7 Å². The topological polar surface area (TPSA) is 29.9 Å². The molecule has 0 aliphatic rings. The third-order valence-electron chi connectivity index (χ3n) is 3.24. The van der Waals surface area contributed by atoms with E-state index in [0.717, 1.165) is 42.0 Å². The molecule has 0 aliphatic carbocycles. The standard InChI is InChI=1S/C15H18F3N3/c1-3-19-8-13-10-21(20-11(13)2)9-12-4-6-14(7-5-12)15(16,17)18/h4-7,10,19H,3,8-9H2,1-2H3. The van der Waals surface area contributed by atoms with Crippen LogP contribution < -0.4 is 5.32 Å². The molecule has 0 radical (unpaired) electrons. The van der Waals surface area contributed by atoms with Gasteiger partial charge in [0.1, 0.15) is 0 Å². The lowest BCUT2D eigenvalue weighted by atomic mass is 10.1. The van der Waals surface area contributed by atoms with Crippen LogP contribution in [0.1, 0.15) is 29.3 Å². The highest BCUT2D eigenvalue weighted by Gasteiger charge is 2.29. The van der Waals surface area contributed by atoms with Crippen molar-refractivity contribution in [3.8, 4) is 0 Å². The highest BCUT2D eigenvalue weighted by Crippen LogP contribution is 2.29. The van der Waals surface area contributed by atoms with Gasteiger partial charge in [-0.15, -0.1) is 0 Å². The second-order valence-electron chi connectivity index (χ2n) is 4.91. The Morgan fingerprint density at radius 1 is 1.19 bits per heavy atom. The molecule has 0 atom stereocenters. The Morgan fingerprint density at radius 3 is 2.43 bits per heavy atom. The van der Waals surface area contributed by atoms with Crippen LogP contribution in [0.4, 0.5) is 13.2 Å². The molecule has 1 aromatic carbocycles. The highest BCUT2D eigenvalue weighted by atomic mass is 19.4. The Kier molecular flexibility index (Phi) is 4.67. The number of aryl methyl sites for hydroxylation is 1. The molecule has 3 nitrogen and oxygen atoms in total. The molecule has 0 bridgehead atoms. The quantitative estimate of drug-likeness (QED) is 0.917. The van der Waals surface area contributed by atoms with Crippen molar-refractivity contribution in [1.82, 2.24) is 15.1 Å². The average Bonchev–Trinajstić information content (AvgIpc) is 2.76. The van der Waals surface area contributed by atoms with Gasteiger partial charge in [0.15, 0.2) is 0 Å². The fraction of sp³-hybridized carbons (Fsp3) is 0.400. The summed E-state index contributed by atoms with van der Waals surface area (Å²) in [6.07, 6.45) is -2.37. The van der Waals surface area contributed by atoms with Crippen LogP contribution in [0.3, 0.4) is 0 Å². The first-order valence-corrected chi connectivity index (χ1v) is 6.80. The minimum Gasteiger partial charge on any atom is -0.313 e. The van der Waals surface area contributed by atoms with Gasteiger partial charge in [-0.25, -0.2) is 0 Å². The molecule has 1 heterocycles. The van der Waals surface area contributed by atoms with E-state index in [1.807, 2.05) is 20.0 Å². The summed E-state index contributed by atoms with van der Waals surface area (Å²) in [6, 6.07) is 5.18. The fourth-order valence-corrected chi connectivity index (χ4v) is 2.06. The minimum absolute atomic E-state index is 0.463. The monoisotopic (exact) mass is 297 g/mol. The van der Waals surface area contributed by atoms with Crippen molar-refractivity contribution in [1.29, 1.82) is 0 Å². The van der Waals surface area contributed by atoms with Crippen LogP contribution in [-0.2, 0) is 19.3 Å². The molecule has 0 aliphatic heterocycles. The summed E-state index contributed by atoms with van der Waals surface area (Å²) >= 11 is 0. The van der Waals surface area contributed by atoms with Crippen LogP contribution in [0.25, 0.3) is 0 Å². The van der Waals surface area contributed by atoms with Gasteiger partial charge in [0, 0.05) is 18.3 Å². The van der Waals surface area contributed by atoms with E-state index in [4.69, 9.17) is 0 Å². The predicted octanol–water partition coefficient (Wildman–Crippen LogP) is 3.37. The Hall–Kier alpha value is -1.82. The van der Waals surface area contributed by atoms with Gasteiger partial charge in [0.05, 0.1) is 17.8 Å². The molecule has 0 unspecified atom stereocenters. The number of benzene rings is 1. The highest BCUT2D eigenvalue weighted by molar-refractivity contribution is 5.25. The van der Waals surface area contributed by atoms with E-state index in [1.54, 1.807) is 4.68 Å². The van der Waals surface area contributed by atoms with Gasteiger partial charge in [-0.1, -0.05) is 19.1 Å². The van der Waals surface area contributed by atoms with Gasteiger partial charge in [-0.2, -0.15) is 18.3 Å². The summed E-state index contributed by atoms with van der Waals surface area (Å²) in [4.78, 5) is 0. The summed E-state index contributed by atoms with van der Waals surface area (Å²) < 4.78 is 39.2. The number of nitrogens with zero attached hydrogens (tertiary/aromatic N) is 2. The van der Waals surface area contributed by atoms with Crippen molar-refractivity contribution in [3.63, 3.8) is 0 Å². The Labute approximate surface area is 121 Å². The molecule has 2 aromatic rings. The second kappa shape index (κ2) is 6.30. The third kappa shape index (κ3) is 4.07. The lowest BCUT2D eigenvalue weighted by Gasteiger charge is -2.07. The molecule has 0 spiro atoms. The minimum atomic E-state index is -4.29. The zero-order valence-electron chi connectivity index (χ0n) is 12.0. The van der Waals surface area contributed by atoms with Crippen LogP contribution in [0.15, 0.2) is 30.5 Å². The van der Waals surface area contributed by atoms with E-state index >= 15 is 0 Å². The van der Waals surface area contributed by atoms with Crippen molar-refractivity contribution in [2.45, 2.75) is 33.1 Å². The maximum atomic E-state index is 12.5. The summed E-state index contributed by atoms with van der Waals surface area (Å²) in [5.41, 5.74) is 2.20. The molecular formula is C15H18F3N3. The maximum absolute atomic E-state index is 12.5. The molecule has 0 fully saturated rings. The number of aromatic nitrogens is 2. The summed E-state index contributed by atoms with van der Waals surface area (Å²) in [7, 11) is 0. The number of hydrogen-bond donors (Lipinski definition) is 1. The molecule has 1 aromatic heterocycles. The van der Waals surface area contributed by atoms with Gasteiger partial charge in [0.2, 0.25) is 0 Å². The SMILES string of the molecule is CCNCc1cn(Cc2ccc(C(F)(F)F)cc2)nc1C. The number of rotatable bonds is 5. The second-order valence-corrected chi connectivity index (χ2v) is 4.91. The molecule has 0 saturated heterocycles. The molecular weight excluding hydrogens is 279 g/mol. The van der Waals surface area contributed by atoms with Crippen molar-refractivity contribution in [2.75, 3.05) is 6.54 Å². The summed E-state index contributed by atoms with van der Waals surface area (Å²) in [5, 5.41) is 7.61. The molecule has 2 rings (SSSR count). The van der Waals surface area contributed by atoms with Crippen molar-refractivity contribution in [2.24, 2.45) is 0 Å². The largest absolute Gasteiger partial charge is 0.416 e. The maximum Gasteiger partial charge on any atom is 0.416 e. The van der Waals surface area contributed by atoms with E-state index in [2.05, 4.69) is 10.4 Å². The van der Waals surface area contributed by atoms with Crippen molar-refractivity contribution < 1.29 is 13.2 Å². The summed E-state index contributed by atoms with van der Waals surface area (Å²) in [5.74, 6) is 0. The Balaban J connectivity index is 2.08. The van der Waals surface area contributed by atoms with E-state index in [1.165, 1.54) is 12.1 Å². The average molecular weight is 297 g/mol. The van der Waals surface area contributed by atoms with Crippen LogP contribution in [-0.4, -0.2) is 16.3 Å². The zero-order valence-corrected chi connectivity index (χ0v) is 12.0. The lowest BCUT2D eigenvalue weighted by Crippen LogP contribution is -2.11. The van der Waals surface area contributed by atoms with Crippen LogP contribution >= 0.6 is 0 Å². The molecule has 1 N–H and O–H groups in total. The number of hydrogen-bond acceptors (Lipinski definition) is 2. The lowest BCUT2D eigenvalue weighted by molar-refractivity contribution is -0.137. The van der Waals surface area contributed by atoms with E-state index in [9.17, 15) is 13.2 Å². The van der Waals surface area contributed by atoms with E-state index in [0.29, 0.717) is 6.54 Å². The molecule has 0 amide bonds. The smallest absolute Gasteiger partial charge is 0.313 e. The Morgan fingerprint density at radius 2 is 1.86 bits per heavy atom. The number of nitrogens with one attached hydrogen (secondary N) is 1. The molecule has 21 heavy (non-hydrogen) atoms. The zero-order chi connectivity index (χ0) is 15.5. The normalized spacial score (nSPS) is 11.9. The number of halogens is 3. The van der Waals surface area contributed by atoms with Gasteiger partial charge in [-0.05, 0) is 31.2 Å². The molecule has 6 heteroatoms. The summed E-state index contributed by atoms with van der Waals surface area (Å²) in [6.45, 7) is 6.04. The van der Waals surface area contributed by atoms with Gasteiger partial charge in [-0.3, -0.25) is 4.68 Å². The van der Waals surface area contributed by atoms with Crippen molar-refractivity contribution >= 4 is 0 Å². The Bertz CT molecular complexity index is 585. The van der Waals surface area contributed by atoms with Crippen LogP contribution in [0.2, 0.25) is 0 Å². The fourth-order valence-electron chi connectivity index (χ4n) is 2.06. The van der Waals surface area contributed by atoms with Gasteiger partial charge < -0.3 is 5.32 Å². The van der Waals surface area contributed by atoms with Crippen LogP contribution in [0.5, 0.6) is 0 Å². The first-order chi connectivity index (χ1) is 9.90. The van der Waals surface area contributed by atoms with Crippen LogP contribution in [0, 0.1) is 6.92 Å². The first-order valence-electron chi connectivity index (χ1n) is 6.80. The van der Waals surface area contributed by atoms with Gasteiger partial charge >= 0.3 is 6.18 Å². The molecule has 114 valence electrons. The first kappa shape index (κ1) is 15.6. The van der Waals surface area contributed by atoms with E-state index in [-0.39, 0.29) is 0 Å².